The van der Waals surface area contributed by atoms with E-state index in [1.54, 1.807) is 0 Å². The molecule has 1 aromatic rings. The zero-order valence-electron chi connectivity index (χ0n) is 11.0. The lowest BCUT2D eigenvalue weighted by Crippen LogP contribution is -2.42. The van der Waals surface area contributed by atoms with Gasteiger partial charge in [-0.1, -0.05) is 28.1 Å². The summed E-state index contributed by atoms with van der Waals surface area (Å²) in [7, 11) is 0. The van der Waals surface area contributed by atoms with E-state index in [0.29, 0.717) is 19.5 Å². The van der Waals surface area contributed by atoms with Gasteiger partial charge in [-0.15, -0.1) is 0 Å². The monoisotopic (exact) mass is 320 g/mol. The first-order valence-electron chi connectivity index (χ1n) is 6.46. The third kappa shape index (κ3) is 3.57. The van der Waals surface area contributed by atoms with Crippen LogP contribution in [-0.2, 0) is 11.2 Å². The number of likely N-dealkylation sites (tertiary alicyclic amines) is 1. The molecule has 1 aromatic carbocycles. The van der Waals surface area contributed by atoms with Crippen molar-refractivity contribution >= 4 is 21.8 Å². The van der Waals surface area contributed by atoms with E-state index in [-0.39, 0.29) is 11.3 Å². The summed E-state index contributed by atoms with van der Waals surface area (Å²) in [5.74, 6) is 0.151. The lowest BCUT2D eigenvalue weighted by atomic mass is 9.82. The second-order valence-corrected chi connectivity index (χ2v) is 6.28. The predicted molar refractivity (Wildman–Crippen MR) is 77.4 cm³/mol. The molecular formula is C15H17BrN2O. The van der Waals surface area contributed by atoms with E-state index in [0.717, 1.165) is 22.9 Å². The average molecular weight is 321 g/mol. The first-order valence-corrected chi connectivity index (χ1v) is 7.25. The summed E-state index contributed by atoms with van der Waals surface area (Å²) < 4.78 is 0.994. The number of hydrogen-bond donors (Lipinski definition) is 0. The van der Waals surface area contributed by atoms with Crippen molar-refractivity contribution in [2.75, 3.05) is 13.1 Å². The highest BCUT2D eigenvalue weighted by Crippen LogP contribution is 2.30. The molecule has 1 saturated heterocycles. The Morgan fingerprint density at radius 3 is 2.74 bits per heavy atom. The lowest BCUT2D eigenvalue weighted by Gasteiger charge is -2.35. The van der Waals surface area contributed by atoms with E-state index in [4.69, 9.17) is 5.26 Å². The van der Waals surface area contributed by atoms with E-state index in [9.17, 15) is 4.79 Å². The normalized spacial score (nSPS) is 17.8. The summed E-state index contributed by atoms with van der Waals surface area (Å²) in [6.07, 6.45) is 1.98. The molecular weight excluding hydrogens is 304 g/mol. The summed E-state index contributed by atoms with van der Waals surface area (Å²) >= 11 is 3.41. The van der Waals surface area contributed by atoms with Crippen molar-refractivity contribution in [1.29, 1.82) is 5.26 Å². The standard InChI is InChI=1S/C15H17BrN2O/c1-15(11-17)5-7-18(8-6-15)14(19)10-12-3-2-4-13(16)9-12/h2-4,9H,5-8,10H2,1H3. The zero-order valence-corrected chi connectivity index (χ0v) is 12.6. The van der Waals surface area contributed by atoms with Gasteiger partial charge in [-0.05, 0) is 37.5 Å². The summed E-state index contributed by atoms with van der Waals surface area (Å²) in [4.78, 5) is 14.1. The zero-order chi connectivity index (χ0) is 13.9. The van der Waals surface area contributed by atoms with E-state index < -0.39 is 0 Å². The van der Waals surface area contributed by atoms with E-state index >= 15 is 0 Å². The minimum Gasteiger partial charge on any atom is -0.342 e. The number of nitriles is 1. The Morgan fingerprint density at radius 1 is 1.47 bits per heavy atom. The van der Waals surface area contributed by atoms with Gasteiger partial charge in [0.2, 0.25) is 5.91 Å². The minimum absolute atomic E-state index is 0.151. The van der Waals surface area contributed by atoms with Crippen molar-refractivity contribution < 1.29 is 4.79 Å². The number of halogens is 1. The van der Waals surface area contributed by atoms with Crippen LogP contribution in [0.5, 0.6) is 0 Å². The van der Waals surface area contributed by atoms with Crippen LogP contribution >= 0.6 is 15.9 Å². The average Bonchev–Trinajstić information content (AvgIpc) is 2.39. The van der Waals surface area contributed by atoms with Crippen LogP contribution in [-0.4, -0.2) is 23.9 Å². The summed E-state index contributed by atoms with van der Waals surface area (Å²) in [5.41, 5.74) is 0.764. The highest BCUT2D eigenvalue weighted by atomic mass is 79.9. The molecule has 0 spiro atoms. The van der Waals surface area contributed by atoms with E-state index in [1.165, 1.54) is 0 Å². The van der Waals surface area contributed by atoms with Crippen LogP contribution in [0.15, 0.2) is 28.7 Å². The molecule has 3 nitrogen and oxygen atoms in total. The molecule has 0 radical (unpaired) electrons. The quantitative estimate of drug-likeness (QED) is 0.840. The third-order valence-corrected chi connectivity index (χ3v) is 4.23. The van der Waals surface area contributed by atoms with Gasteiger partial charge in [-0.25, -0.2) is 0 Å². The number of carbonyl (C=O) groups is 1. The fourth-order valence-corrected chi connectivity index (χ4v) is 2.74. The highest BCUT2D eigenvalue weighted by molar-refractivity contribution is 9.10. The first-order chi connectivity index (χ1) is 9.02. The molecule has 100 valence electrons. The van der Waals surface area contributed by atoms with Crippen LogP contribution in [0.4, 0.5) is 0 Å². The van der Waals surface area contributed by atoms with Crippen molar-refractivity contribution in [3.63, 3.8) is 0 Å². The second-order valence-electron chi connectivity index (χ2n) is 5.36. The molecule has 0 unspecified atom stereocenters. The van der Waals surface area contributed by atoms with Gasteiger partial charge in [-0.2, -0.15) is 5.26 Å². The Bertz CT molecular complexity index is 513. The molecule has 1 aliphatic heterocycles. The Kier molecular flexibility index (Phi) is 4.26. The molecule has 0 bridgehead atoms. The van der Waals surface area contributed by atoms with Gasteiger partial charge in [-0.3, -0.25) is 4.79 Å². The Balaban J connectivity index is 1.94. The molecule has 1 heterocycles. The molecule has 0 atom stereocenters. The summed E-state index contributed by atoms with van der Waals surface area (Å²) in [6, 6.07) is 10.2. The maximum absolute atomic E-state index is 12.2. The number of nitrogens with zero attached hydrogens (tertiary/aromatic N) is 2. The third-order valence-electron chi connectivity index (χ3n) is 3.73. The van der Waals surface area contributed by atoms with Gasteiger partial charge in [0.05, 0.1) is 17.9 Å². The number of piperidine rings is 1. The highest BCUT2D eigenvalue weighted by Gasteiger charge is 2.31. The molecule has 0 saturated carbocycles. The Hall–Kier alpha value is -1.34. The van der Waals surface area contributed by atoms with Gasteiger partial charge in [0.15, 0.2) is 0 Å². The number of hydrogen-bond acceptors (Lipinski definition) is 2. The predicted octanol–water partition coefficient (Wildman–Crippen LogP) is 3.14. The van der Waals surface area contributed by atoms with Crippen molar-refractivity contribution in [3.05, 3.63) is 34.3 Å². The fourth-order valence-electron chi connectivity index (χ4n) is 2.29. The van der Waals surface area contributed by atoms with Gasteiger partial charge >= 0.3 is 0 Å². The number of carbonyl (C=O) groups excluding carboxylic acids is 1. The summed E-state index contributed by atoms with van der Waals surface area (Å²) in [6.45, 7) is 3.36. The molecule has 0 aliphatic carbocycles. The molecule has 4 heteroatoms. The Morgan fingerprint density at radius 2 is 2.16 bits per heavy atom. The molecule has 1 fully saturated rings. The number of rotatable bonds is 2. The maximum Gasteiger partial charge on any atom is 0.226 e. The van der Waals surface area contributed by atoms with Gasteiger partial charge < -0.3 is 4.90 Å². The van der Waals surface area contributed by atoms with Crippen LogP contribution in [0.25, 0.3) is 0 Å². The molecule has 2 rings (SSSR count). The molecule has 0 aromatic heterocycles. The molecule has 19 heavy (non-hydrogen) atoms. The van der Waals surface area contributed by atoms with E-state index in [2.05, 4.69) is 22.0 Å². The van der Waals surface area contributed by atoms with Crippen molar-refractivity contribution in [2.24, 2.45) is 5.41 Å². The fraction of sp³-hybridized carbons (Fsp3) is 0.467. The van der Waals surface area contributed by atoms with Crippen LogP contribution in [0.3, 0.4) is 0 Å². The molecule has 1 aliphatic rings. The molecule has 0 N–H and O–H groups in total. The largest absolute Gasteiger partial charge is 0.342 e. The van der Waals surface area contributed by atoms with Crippen LogP contribution < -0.4 is 0 Å². The van der Waals surface area contributed by atoms with Crippen LogP contribution in [0, 0.1) is 16.7 Å². The van der Waals surface area contributed by atoms with E-state index in [1.807, 2.05) is 36.1 Å². The van der Waals surface area contributed by atoms with Crippen molar-refractivity contribution in [3.8, 4) is 6.07 Å². The number of benzene rings is 1. The van der Waals surface area contributed by atoms with Crippen LogP contribution in [0.1, 0.15) is 25.3 Å². The Labute approximate surface area is 122 Å². The maximum atomic E-state index is 12.2. The first kappa shape index (κ1) is 14.1. The SMILES string of the molecule is CC1(C#N)CCN(C(=O)Cc2cccc(Br)c2)CC1. The van der Waals surface area contributed by atoms with Gasteiger partial charge in [0, 0.05) is 17.6 Å². The van der Waals surface area contributed by atoms with Crippen molar-refractivity contribution in [1.82, 2.24) is 4.90 Å². The molecule has 1 amide bonds. The van der Waals surface area contributed by atoms with Gasteiger partial charge in [0.1, 0.15) is 0 Å². The summed E-state index contributed by atoms with van der Waals surface area (Å²) in [5, 5.41) is 9.08. The number of amides is 1. The minimum atomic E-state index is -0.257. The lowest BCUT2D eigenvalue weighted by molar-refractivity contribution is -0.132. The topological polar surface area (TPSA) is 44.1 Å². The second kappa shape index (κ2) is 5.75. The van der Waals surface area contributed by atoms with Crippen molar-refractivity contribution in [2.45, 2.75) is 26.2 Å². The smallest absolute Gasteiger partial charge is 0.226 e. The van der Waals surface area contributed by atoms with Gasteiger partial charge in [0.25, 0.3) is 0 Å². The van der Waals surface area contributed by atoms with Crippen LogP contribution in [0.2, 0.25) is 0 Å².